The first-order chi connectivity index (χ1) is 11.6. The highest BCUT2D eigenvalue weighted by Gasteiger charge is 2.07. The number of amides is 1. The third-order valence-corrected chi connectivity index (χ3v) is 3.38. The van der Waals surface area contributed by atoms with Crippen LogP contribution in [0.2, 0.25) is 0 Å². The Morgan fingerprint density at radius 3 is 2.21 bits per heavy atom. The molecule has 0 saturated carbocycles. The molecule has 0 radical (unpaired) electrons. The molecule has 0 saturated heterocycles. The number of ether oxygens (including phenoxy) is 2. The van der Waals surface area contributed by atoms with Crippen LogP contribution in [0.25, 0.3) is 0 Å². The van der Waals surface area contributed by atoms with Gasteiger partial charge in [0.15, 0.2) is 6.61 Å². The Balaban J connectivity index is 1.84. The molecular formula is C19H21NO4. The van der Waals surface area contributed by atoms with Gasteiger partial charge in [0.05, 0.1) is 12.2 Å². The number of carbonyl (C=O) groups is 2. The maximum absolute atomic E-state index is 11.9. The van der Waals surface area contributed by atoms with Crippen molar-refractivity contribution in [2.45, 2.75) is 20.3 Å². The van der Waals surface area contributed by atoms with Crippen LogP contribution in [0.15, 0.2) is 48.5 Å². The number of aryl methyl sites for hydroxylation is 1. The molecule has 0 aromatic heterocycles. The lowest BCUT2D eigenvalue weighted by atomic mass is 10.2. The molecule has 0 spiro atoms. The van der Waals surface area contributed by atoms with E-state index >= 15 is 0 Å². The van der Waals surface area contributed by atoms with Crippen molar-refractivity contribution in [2.75, 3.05) is 18.5 Å². The topological polar surface area (TPSA) is 64.6 Å². The molecule has 0 aliphatic carbocycles. The number of nitrogens with one attached hydrogen (secondary N) is 1. The number of hydrogen-bond donors (Lipinski definition) is 1. The molecular weight excluding hydrogens is 306 g/mol. The van der Waals surface area contributed by atoms with Crippen LogP contribution in [0, 0.1) is 0 Å². The second-order valence-electron chi connectivity index (χ2n) is 5.13. The van der Waals surface area contributed by atoms with Gasteiger partial charge in [-0.05, 0) is 55.3 Å². The van der Waals surface area contributed by atoms with Gasteiger partial charge < -0.3 is 14.8 Å². The molecule has 0 bridgehead atoms. The van der Waals surface area contributed by atoms with Crippen molar-refractivity contribution in [1.82, 2.24) is 0 Å². The van der Waals surface area contributed by atoms with Crippen LogP contribution >= 0.6 is 0 Å². The summed E-state index contributed by atoms with van der Waals surface area (Å²) in [6.45, 7) is 4.08. The van der Waals surface area contributed by atoms with E-state index in [4.69, 9.17) is 9.47 Å². The summed E-state index contributed by atoms with van der Waals surface area (Å²) in [4.78, 5) is 23.5. The SMILES string of the molecule is CCOC(=O)c1ccc(NC(=O)COc2ccc(CC)cc2)cc1. The van der Waals surface area contributed by atoms with Crippen molar-refractivity contribution < 1.29 is 19.1 Å². The zero-order chi connectivity index (χ0) is 17.4. The van der Waals surface area contributed by atoms with Gasteiger partial charge in [-0.3, -0.25) is 4.79 Å². The highest BCUT2D eigenvalue weighted by molar-refractivity contribution is 5.93. The molecule has 2 aromatic rings. The molecule has 0 aliphatic rings. The summed E-state index contributed by atoms with van der Waals surface area (Å²) in [7, 11) is 0. The zero-order valence-electron chi connectivity index (χ0n) is 13.9. The first kappa shape index (κ1) is 17.5. The van der Waals surface area contributed by atoms with E-state index in [0.717, 1.165) is 6.42 Å². The van der Waals surface area contributed by atoms with Gasteiger partial charge in [0, 0.05) is 5.69 Å². The fourth-order valence-corrected chi connectivity index (χ4v) is 2.07. The van der Waals surface area contributed by atoms with E-state index in [-0.39, 0.29) is 18.5 Å². The lowest BCUT2D eigenvalue weighted by Crippen LogP contribution is -2.20. The Kier molecular flexibility index (Phi) is 6.37. The monoisotopic (exact) mass is 327 g/mol. The number of hydrogen-bond acceptors (Lipinski definition) is 4. The predicted molar refractivity (Wildman–Crippen MR) is 92.3 cm³/mol. The second kappa shape index (κ2) is 8.72. The highest BCUT2D eigenvalue weighted by atomic mass is 16.5. The van der Waals surface area contributed by atoms with Crippen molar-refractivity contribution in [3.8, 4) is 5.75 Å². The zero-order valence-corrected chi connectivity index (χ0v) is 13.9. The first-order valence-corrected chi connectivity index (χ1v) is 7.91. The quantitative estimate of drug-likeness (QED) is 0.791. The average molecular weight is 327 g/mol. The molecule has 5 nitrogen and oxygen atoms in total. The summed E-state index contributed by atoms with van der Waals surface area (Å²) in [5.41, 5.74) is 2.26. The second-order valence-corrected chi connectivity index (χ2v) is 5.13. The van der Waals surface area contributed by atoms with Crippen LogP contribution in [0.3, 0.4) is 0 Å². The molecule has 0 heterocycles. The third kappa shape index (κ3) is 5.12. The normalized spacial score (nSPS) is 10.1. The molecule has 0 fully saturated rings. The van der Waals surface area contributed by atoms with E-state index < -0.39 is 0 Å². The number of carbonyl (C=O) groups excluding carboxylic acids is 2. The molecule has 126 valence electrons. The standard InChI is InChI=1S/C19H21NO4/c1-3-14-5-11-17(12-6-14)24-13-18(21)20-16-9-7-15(8-10-16)19(22)23-4-2/h5-12H,3-4,13H2,1-2H3,(H,20,21). The van der Waals surface area contributed by atoms with Gasteiger partial charge in [-0.25, -0.2) is 4.79 Å². The van der Waals surface area contributed by atoms with E-state index in [9.17, 15) is 9.59 Å². The summed E-state index contributed by atoms with van der Waals surface area (Å²) in [5.74, 6) is 0.00713. The van der Waals surface area contributed by atoms with Crippen molar-refractivity contribution in [1.29, 1.82) is 0 Å². The molecule has 24 heavy (non-hydrogen) atoms. The van der Waals surface area contributed by atoms with Gasteiger partial charge in [-0.15, -0.1) is 0 Å². The molecule has 5 heteroatoms. The molecule has 2 aromatic carbocycles. The van der Waals surface area contributed by atoms with E-state index in [1.807, 2.05) is 24.3 Å². The molecule has 0 atom stereocenters. The van der Waals surface area contributed by atoms with E-state index in [0.29, 0.717) is 23.6 Å². The Morgan fingerprint density at radius 2 is 1.62 bits per heavy atom. The van der Waals surface area contributed by atoms with Crippen LogP contribution < -0.4 is 10.1 Å². The Hall–Kier alpha value is -2.82. The fourth-order valence-electron chi connectivity index (χ4n) is 2.07. The van der Waals surface area contributed by atoms with Crippen molar-refractivity contribution in [3.05, 3.63) is 59.7 Å². The maximum atomic E-state index is 11.9. The van der Waals surface area contributed by atoms with Gasteiger partial charge in [0.1, 0.15) is 5.75 Å². The predicted octanol–water partition coefficient (Wildman–Crippen LogP) is 3.44. The highest BCUT2D eigenvalue weighted by Crippen LogP contribution is 2.13. The molecule has 2 rings (SSSR count). The third-order valence-electron chi connectivity index (χ3n) is 3.38. The smallest absolute Gasteiger partial charge is 0.338 e. The van der Waals surface area contributed by atoms with Gasteiger partial charge in [0.2, 0.25) is 0 Å². The number of benzene rings is 2. The van der Waals surface area contributed by atoms with Gasteiger partial charge in [0.25, 0.3) is 5.91 Å². The molecule has 1 amide bonds. The lowest BCUT2D eigenvalue weighted by Gasteiger charge is -2.08. The summed E-state index contributed by atoms with van der Waals surface area (Å²) in [6.07, 6.45) is 0.961. The van der Waals surface area contributed by atoms with Crippen LogP contribution in [0.4, 0.5) is 5.69 Å². The maximum Gasteiger partial charge on any atom is 0.338 e. The van der Waals surface area contributed by atoms with Gasteiger partial charge in [-0.1, -0.05) is 19.1 Å². The van der Waals surface area contributed by atoms with Crippen LogP contribution in [-0.4, -0.2) is 25.1 Å². The van der Waals surface area contributed by atoms with E-state index in [1.54, 1.807) is 31.2 Å². The average Bonchev–Trinajstić information content (AvgIpc) is 2.61. The van der Waals surface area contributed by atoms with Crippen molar-refractivity contribution in [2.24, 2.45) is 0 Å². The Bertz CT molecular complexity index is 678. The number of anilines is 1. The van der Waals surface area contributed by atoms with E-state index in [2.05, 4.69) is 12.2 Å². The number of esters is 1. The van der Waals surface area contributed by atoms with Crippen molar-refractivity contribution in [3.63, 3.8) is 0 Å². The molecule has 0 unspecified atom stereocenters. The van der Waals surface area contributed by atoms with Gasteiger partial charge >= 0.3 is 5.97 Å². The first-order valence-electron chi connectivity index (χ1n) is 7.91. The number of rotatable bonds is 7. The minimum absolute atomic E-state index is 0.0783. The van der Waals surface area contributed by atoms with Crippen LogP contribution in [-0.2, 0) is 16.0 Å². The minimum Gasteiger partial charge on any atom is -0.484 e. The van der Waals surface area contributed by atoms with Crippen LogP contribution in [0.1, 0.15) is 29.8 Å². The minimum atomic E-state index is -0.380. The van der Waals surface area contributed by atoms with Crippen molar-refractivity contribution >= 4 is 17.6 Å². The van der Waals surface area contributed by atoms with Gasteiger partial charge in [-0.2, -0.15) is 0 Å². The van der Waals surface area contributed by atoms with Crippen LogP contribution in [0.5, 0.6) is 5.75 Å². The van der Waals surface area contributed by atoms with E-state index in [1.165, 1.54) is 5.56 Å². The summed E-state index contributed by atoms with van der Waals surface area (Å²) in [5, 5.41) is 2.72. The largest absolute Gasteiger partial charge is 0.484 e. The summed E-state index contributed by atoms with van der Waals surface area (Å²) < 4.78 is 10.4. The molecule has 0 aliphatic heterocycles. The summed E-state index contributed by atoms with van der Waals surface area (Å²) in [6, 6.07) is 14.2. The summed E-state index contributed by atoms with van der Waals surface area (Å²) >= 11 is 0. The fraction of sp³-hybridized carbons (Fsp3) is 0.263. The molecule has 1 N–H and O–H groups in total. The Labute approximate surface area is 141 Å². The lowest BCUT2D eigenvalue weighted by molar-refractivity contribution is -0.118. The Morgan fingerprint density at radius 1 is 0.958 bits per heavy atom.